The zero-order chi connectivity index (χ0) is 21.7. The molecule has 0 aromatic heterocycles. The van der Waals surface area contributed by atoms with Crippen LogP contribution in [0.4, 0.5) is 10.1 Å². The van der Waals surface area contributed by atoms with E-state index in [0.29, 0.717) is 10.7 Å². The molecule has 3 unspecified atom stereocenters. The van der Waals surface area contributed by atoms with Gasteiger partial charge in [-0.25, -0.2) is 4.39 Å². The lowest BCUT2D eigenvalue weighted by atomic mass is 10.1. The number of benzene rings is 2. The van der Waals surface area contributed by atoms with Crippen LogP contribution in [0.15, 0.2) is 48.5 Å². The van der Waals surface area contributed by atoms with Crippen molar-refractivity contribution in [3.05, 3.63) is 64.9 Å². The van der Waals surface area contributed by atoms with Gasteiger partial charge in [-0.1, -0.05) is 11.6 Å². The van der Waals surface area contributed by atoms with E-state index in [1.54, 1.807) is 24.3 Å². The number of anilines is 1. The molecule has 3 amide bonds. The standard InChI is InChI=1S/C19H19ClFN5O3S/c20-11-3-7-13(8-4-11)23-14(27)9-30-19-25-16(22)15(18(29)26-19)24-17(28)10-1-5-12(21)6-2-10/h1-8,15-16,19,25H,9,22H2,(H,23,27)(H,24,28)(H,26,29). The predicted octanol–water partition coefficient (Wildman–Crippen LogP) is 1.24. The topological polar surface area (TPSA) is 125 Å². The molecule has 1 aliphatic heterocycles. The summed E-state index contributed by atoms with van der Waals surface area (Å²) in [7, 11) is 0. The lowest BCUT2D eigenvalue weighted by molar-refractivity contribution is -0.125. The van der Waals surface area contributed by atoms with Crippen molar-refractivity contribution in [1.82, 2.24) is 16.0 Å². The van der Waals surface area contributed by atoms with Crippen molar-refractivity contribution in [2.45, 2.75) is 17.7 Å². The van der Waals surface area contributed by atoms with Gasteiger partial charge in [0.1, 0.15) is 17.4 Å². The van der Waals surface area contributed by atoms with Crippen LogP contribution in [0, 0.1) is 5.82 Å². The predicted molar refractivity (Wildman–Crippen MR) is 113 cm³/mol. The minimum atomic E-state index is -1.03. The Morgan fingerprint density at radius 1 is 1.13 bits per heavy atom. The molecule has 0 aliphatic carbocycles. The molecule has 0 saturated carbocycles. The van der Waals surface area contributed by atoms with Gasteiger partial charge >= 0.3 is 0 Å². The average Bonchev–Trinajstić information content (AvgIpc) is 2.71. The molecular weight excluding hydrogens is 433 g/mol. The average molecular weight is 452 g/mol. The van der Waals surface area contributed by atoms with Crippen molar-refractivity contribution in [2.75, 3.05) is 11.1 Å². The van der Waals surface area contributed by atoms with E-state index in [1.807, 2.05) is 0 Å². The van der Waals surface area contributed by atoms with Crippen LogP contribution in [0.5, 0.6) is 0 Å². The van der Waals surface area contributed by atoms with Crippen molar-refractivity contribution >= 4 is 46.8 Å². The van der Waals surface area contributed by atoms with Crippen LogP contribution in [0.2, 0.25) is 5.02 Å². The normalized spacial score (nSPS) is 20.9. The van der Waals surface area contributed by atoms with Gasteiger partial charge in [0.2, 0.25) is 11.8 Å². The fourth-order valence-electron chi connectivity index (χ4n) is 2.66. The number of halogens is 2. The minimum Gasteiger partial charge on any atom is -0.338 e. The molecule has 0 spiro atoms. The van der Waals surface area contributed by atoms with Crippen LogP contribution in [0.25, 0.3) is 0 Å². The molecule has 2 aromatic carbocycles. The highest BCUT2D eigenvalue weighted by Gasteiger charge is 2.35. The summed E-state index contributed by atoms with van der Waals surface area (Å²) in [6, 6.07) is 10.6. The first-order chi connectivity index (χ1) is 14.3. The van der Waals surface area contributed by atoms with Gasteiger partial charge in [-0.05, 0) is 48.5 Å². The van der Waals surface area contributed by atoms with E-state index in [1.165, 1.54) is 12.1 Å². The van der Waals surface area contributed by atoms with Crippen LogP contribution in [0.1, 0.15) is 10.4 Å². The van der Waals surface area contributed by atoms with E-state index in [9.17, 15) is 18.8 Å². The number of rotatable bonds is 6. The number of nitrogens with two attached hydrogens (primary N) is 1. The van der Waals surface area contributed by atoms with Crippen molar-refractivity contribution in [2.24, 2.45) is 5.73 Å². The van der Waals surface area contributed by atoms with Gasteiger partial charge in [0, 0.05) is 16.3 Å². The second-order valence-electron chi connectivity index (χ2n) is 6.41. The smallest absolute Gasteiger partial charge is 0.252 e. The van der Waals surface area contributed by atoms with Crippen LogP contribution in [-0.4, -0.2) is 41.2 Å². The fourth-order valence-corrected chi connectivity index (χ4v) is 3.62. The van der Waals surface area contributed by atoms with Crippen molar-refractivity contribution in [3.8, 4) is 0 Å². The lowest BCUT2D eigenvalue weighted by Gasteiger charge is -2.35. The summed E-state index contributed by atoms with van der Waals surface area (Å²) in [6.07, 6.45) is -0.875. The second-order valence-corrected chi connectivity index (χ2v) is 7.94. The molecule has 6 N–H and O–H groups in total. The van der Waals surface area contributed by atoms with Gasteiger partial charge in [-0.2, -0.15) is 0 Å². The van der Waals surface area contributed by atoms with Crippen molar-refractivity contribution in [3.63, 3.8) is 0 Å². The highest BCUT2D eigenvalue weighted by molar-refractivity contribution is 8.00. The second kappa shape index (κ2) is 9.90. The molecule has 0 bridgehead atoms. The summed E-state index contributed by atoms with van der Waals surface area (Å²) >= 11 is 6.94. The van der Waals surface area contributed by atoms with Gasteiger partial charge in [0.05, 0.1) is 11.9 Å². The SMILES string of the molecule is NC1NC(SCC(=O)Nc2ccc(Cl)cc2)NC(=O)C1NC(=O)c1ccc(F)cc1. The molecule has 1 aliphatic rings. The first-order valence-corrected chi connectivity index (χ1v) is 10.3. The molecule has 3 atom stereocenters. The Labute approximate surface area is 181 Å². The van der Waals surface area contributed by atoms with E-state index in [0.717, 1.165) is 23.9 Å². The molecule has 30 heavy (non-hydrogen) atoms. The van der Waals surface area contributed by atoms with Crippen molar-refractivity contribution < 1.29 is 18.8 Å². The molecule has 0 radical (unpaired) electrons. The molecule has 11 heteroatoms. The van der Waals surface area contributed by atoms with E-state index >= 15 is 0 Å². The summed E-state index contributed by atoms with van der Waals surface area (Å²) in [5.74, 6) is -1.73. The molecule has 8 nitrogen and oxygen atoms in total. The van der Waals surface area contributed by atoms with Crippen LogP contribution in [0.3, 0.4) is 0 Å². The van der Waals surface area contributed by atoms with Gasteiger partial charge < -0.3 is 21.7 Å². The summed E-state index contributed by atoms with van der Waals surface area (Å²) < 4.78 is 13.0. The number of hydrogen-bond acceptors (Lipinski definition) is 6. The van der Waals surface area contributed by atoms with Crippen molar-refractivity contribution in [1.29, 1.82) is 0 Å². The van der Waals surface area contributed by atoms with Gasteiger partial charge in [0.15, 0.2) is 0 Å². The highest BCUT2D eigenvalue weighted by atomic mass is 35.5. The first kappa shape index (κ1) is 22.0. The Bertz CT molecular complexity index is 929. The van der Waals surface area contributed by atoms with E-state index in [4.69, 9.17) is 17.3 Å². The molecule has 3 rings (SSSR count). The third-order valence-electron chi connectivity index (χ3n) is 4.16. The molecule has 1 fully saturated rings. The Kier molecular flexibility index (Phi) is 7.27. The Morgan fingerprint density at radius 2 is 1.80 bits per heavy atom. The Hall–Kier alpha value is -2.66. The van der Waals surface area contributed by atoms with Crippen LogP contribution < -0.4 is 27.0 Å². The van der Waals surface area contributed by atoms with E-state index < -0.39 is 35.3 Å². The molecule has 2 aromatic rings. The summed E-state index contributed by atoms with van der Waals surface area (Å²) in [4.78, 5) is 36.7. The maximum absolute atomic E-state index is 13.0. The monoisotopic (exact) mass is 451 g/mol. The highest BCUT2D eigenvalue weighted by Crippen LogP contribution is 2.15. The Morgan fingerprint density at radius 3 is 2.43 bits per heavy atom. The molecule has 1 saturated heterocycles. The maximum Gasteiger partial charge on any atom is 0.252 e. The largest absolute Gasteiger partial charge is 0.338 e. The zero-order valence-corrected chi connectivity index (χ0v) is 17.1. The minimum absolute atomic E-state index is 0.0555. The first-order valence-electron chi connectivity index (χ1n) is 8.87. The molecule has 158 valence electrons. The molecular formula is C19H19ClFN5O3S. The van der Waals surface area contributed by atoms with Gasteiger partial charge in [-0.3, -0.25) is 19.7 Å². The number of carbonyl (C=O) groups is 3. The van der Waals surface area contributed by atoms with Crippen LogP contribution >= 0.6 is 23.4 Å². The van der Waals surface area contributed by atoms with Crippen LogP contribution in [-0.2, 0) is 9.59 Å². The third kappa shape index (κ3) is 5.92. The number of carbonyl (C=O) groups excluding carboxylic acids is 3. The number of amides is 3. The number of thioether (sulfide) groups is 1. The van der Waals surface area contributed by atoms with E-state index in [-0.39, 0.29) is 17.2 Å². The third-order valence-corrected chi connectivity index (χ3v) is 5.43. The van der Waals surface area contributed by atoms with Gasteiger partial charge in [0.25, 0.3) is 5.91 Å². The number of hydrogen-bond donors (Lipinski definition) is 5. The van der Waals surface area contributed by atoms with E-state index in [2.05, 4.69) is 21.3 Å². The Balaban J connectivity index is 1.48. The summed E-state index contributed by atoms with van der Waals surface area (Å²) in [6.45, 7) is 0. The maximum atomic E-state index is 13.0. The number of nitrogens with one attached hydrogen (secondary N) is 4. The quantitative estimate of drug-likeness (QED) is 0.450. The fraction of sp³-hybridized carbons (Fsp3) is 0.211. The summed E-state index contributed by atoms with van der Waals surface area (Å²) in [5, 5.41) is 11.4. The zero-order valence-electron chi connectivity index (χ0n) is 15.5. The molecule has 1 heterocycles. The lowest BCUT2D eigenvalue weighted by Crippen LogP contribution is -2.70. The van der Waals surface area contributed by atoms with Gasteiger partial charge in [-0.15, -0.1) is 11.8 Å². The summed E-state index contributed by atoms with van der Waals surface area (Å²) in [5.41, 5.74) is 6.18.